The first kappa shape index (κ1) is 18.4. The van der Waals surface area contributed by atoms with Crippen LogP contribution in [0.15, 0.2) is 90.7 Å². The summed E-state index contributed by atoms with van der Waals surface area (Å²) in [6, 6.07) is 19.4. The molecule has 0 saturated carbocycles. The Bertz CT molecular complexity index is 1150. The van der Waals surface area contributed by atoms with Crippen LogP contribution in [0.25, 0.3) is 6.08 Å². The van der Waals surface area contributed by atoms with Gasteiger partial charge in [0.05, 0.1) is 11.1 Å². The molecule has 5 heteroatoms. The molecule has 3 aromatic rings. The van der Waals surface area contributed by atoms with E-state index in [9.17, 15) is 14.0 Å². The third-order valence-corrected chi connectivity index (χ3v) is 4.25. The average Bonchev–Trinajstić information content (AvgIpc) is 3.04. The topological polar surface area (TPSA) is 52.6 Å². The molecular formula is C24H15FO4. The molecule has 1 aliphatic heterocycles. The standard InChI is InChI=1S/C24H15FO4/c25-18-10-5-9-17(14-18)24(27)28-19-12-13-20-22(15-19)29-21(23(20)26)11-4-8-16-6-2-1-3-7-16/h1-15H/b8-4+,21-11-. The molecule has 0 amide bonds. The van der Waals surface area contributed by atoms with E-state index in [1.54, 1.807) is 12.2 Å². The molecule has 0 spiro atoms. The zero-order valence-electron chi connectivity index (χ0n) is 15.2. The Morgan fingerprint density at radius 2 is 1.79 bits per heavy atom. The van der Waals surface area contributed by atoms with Gasteiger partial charge in [-0.05, 0) is 42.0 Å². The Balaban J connectivity index is 1.49. The largest absolute Gasteiger partial charge is 0.452 e. The lowest BCUT2D eigenvalue weighted by Gasteiger charge is -2.05. The Morgan fingerprint density at radius 1 is 0.966 bits per heavy atom. The Labute approximate surface area is 166 Å². The van der Waals surface area contributed by atoms with Crippen LogP contribution in [0.5, 0.6) is 11.5 Å². The van der Waals surface area contributed by atoms with Gasteiger partial charge in [-0.25, -0.2) is 9.18 Å². The summed E-state index contributed by atoms with van der Waals surface area (Å²) < 4.78 is 24.1. The quantitative estimate of drug-likeness (QED) is 0.351. The zero-order valence-corrected chi connectivity index (χ0v) is 15.2. The number of halogens is 1. The third-order valence-electron chi connectivity index (χ3n) is 4.25. The number of allylic oxidation sites excluding steroid dienone is 3. The second kappa shape index (κ2) is 7.94. The third kappa shape index (κ3) is 4.14. The molecule has 3 aromatic carbocycles. The van der Waals surface area contributed by atoms with Gasteiger partial charge < -0.3 is 9.47 Å². The van der Waals surface area contributed by atoms with Crippen molar-refractivity contribution in [3.8, 4) is 11.5 Å². The summed E-state index contributed by atoms with van der Waals surface area (Å²) in [6.45, 7) is 0. The van der Waals surface area contributed by atoms with Gasteiger partial charge in [-0.1, -0.05) is 48.6 Å². The Hall–Kier alpha value is -3.99. The highest BCUT2D eigenvalue weighted by Crippen LogP contribution is 2.34. The van der Waals surface area contributed by atoms with E-state index in [2.05, 4.69) is 0 Å². The maximum absolute atomic E-state index is 13.3. The maximum atomic E-state index is 13.3. The van der Waals surface area contributed by atoms with E-state index in [0.717, 1.165) is 11.6 Å². The lowest BCUT2D eigenvalue weighted by atomic mass is 10.1. The summed E-state index contributed by atoms with van der Waals surface area (Å²) >= 11 is 0. The van der Waals surface area contributed by atoms with Crippen molar-refractivity contribution < 1.29 is 23.5 Å². The van der Waals surface area contributed by atoms with Gasteiger partial charge in [0.2, 0.25) is 5.78 Å². The first-order chi connectivity index (χ1) is 14.1. The van der Waals surface area contributed by atoms with Crippen LogP contribution in [0, 0.1) is 5.82 Å². The van der Waals surface area contributed by atoms with E-state index in [-0.39, 0.29) is 22.9 Å². The molecule has 4 rings (SSSR count). The first-order valence-electron chi connectivity index (χ1n) is 8.88. The Morgan fingerprint density at radius 3 is 2.59 bits per heavy atom. The molecule has 0 saturated heterocycles. The molecule has 0 fully saturated rings. The normalized spacial score (nSPS) is 14.1. The van der Waals surface area contributed by atoms with Crippen LogP contribution in [0.3, 0.4) is 0 Å². The number of carbonyl (C=O) groups is 2. The van der Waals surface area contributed by atoms with Crippen LogP contribution >= 0.6 is 0 Å². The van der Waals surface area contributed by atoms with Gasteiger partial charge in [0.15, 0.2) is 5.76 Å². The molecule has 142 valence electrons. The van der Waals surface area contributed by atoms with E-state index in [1.165, 1.54) is 36.4 Å². The maximum Gasteiger partial charge on any atom is 0.343 e. The van der Waals surface area contributed by atoms with Crippen LogP contribution in [0.4, 0.5) is 4.39 Å². The molecule has 1 aliphatic rings. The molecule has 0 atom stereocenters. The molecule has 0 unspecified atom stereocenters. The van der Waals surface area contributed by atoms with Gasteiger partial charge >= 0.3 is 5.97 Å². The number of Topliss-reactive ketones (excluding diaryl/α,β-unsaturated/α-hetero) is 1. The molecule has 0 radical (unpaired) electrons. The van der Waals surface area contributed by atoms with Crippen molar-refractivity contribution in [1.29, 1.82) is 0 Å². The fourth-order valence-corrected chi connectivity index (χ4v) is 2.84. The number of esters is 1. The monoisotopic (exact) mass is 386 g/mol. The smallest absolute Gasteiger partial charge is 0.343 e. The minimum absolute atomic E-state index is 0.0918. The summed E-state index contributed by atoms with van der Waals surface area (Å²) in [7, 11) is 0. The van der Waals surface area contributed by atoms with Gasteiger partial charge in [-0.3, -0.25) is 4.79 Å². The van der Waals surface area contributed by atoms with Crippen molar-refractivity contribution >= 4 is 17.8 Å². The van der Waals surface area contributed by atoms with Crippen molar-refractivity contribution in [2.24, 2.45) is 0 Å². The molecule has 4 nitrogen and oxygen atoms in total. The van der Waals surface area contributed by atoms with Crippen molar-refractivity contribution in [1.82, 2.24) is 0 Å². The van der Waals surface area contributed by atoms with Gasteiger partial charge in [0.1, 0.15) is 17.3 Å². The summed E-state index contributed by atoms with van der Waals surface area (Å²) in [5.41, 5.74) is 1.47. The highest BCUT2D eigenvalue weighted by atomic mass is 19.1. The lowest BCUT2D eigenvalue weighted by molar-refractivity contribution is 0.0734. The number of fused-ring (bicyclic) bond motifs is 1. The van der Waals surface area contributed by atoms with Crippen LogP contribution in [-0.4, -0.2) is 11.8 Å². The summed E-state index contributed by atoms with van der Waals surface area (Å²) in [5.74, 6) is -0.789. The second-order valence-electron chi connectivity index (χ2n) is 6.29. The number of benzene rings is 3. The predicted molar refractivity (Wildman–Crippen MR) is 106 cm³/mol. The van der Waals surface area contributed by atoms with Crippen molar-refractivity contribution in [3.63, 3.8) is 0 Å². The summed E-state index contributed by atoms with van der Waals surface area (Å²) in [6.07, 6.45) is 5.19. The molecule has 0 aliphatic carbocycles. The van der Waals surface area contributed by atoms with E-state index in [1.807, 2.05) is 36.4 Å². The van der Waals surface area contributed by atoms with Gasteiger partial charge in [-0.2, -0.15) is 0 Å². The van der Waals surface area contributed by atoms with Crippen molar-refractivity contribution in [3.05, 3.63) is 113 Å². The SMILES string of the molecule is O=C(Oc1ccc2c(c1)O/C(=C\C=C\c1ccccc1)C2=O)c1cccc(F)c1. The van der Waals surface area contributed by atoms with Gasteiger partial charge in [0.25, 0.3) is 0 Å². The Kier molecular flexibility index (Phi) is 5.03. The number of ether oxygens (including phenoxy) is 2. The number of hydrogen-bond acceptors (Lipinski definition) is 4. The van der Waals surface area contributed by atoms with E-state index >= 15 is 0 Å². The molecule has 29 heavy (non-hydrogen) atoms. The number of rotatable bonds is 4. The summed E-state index contributed by atoms with van der Waals surface area (Å²) in [5, 5.41) is 0. The highest BCUT2D eigenvalue weighted by molar-refractivity contribution is 6.12. The minimum Gasteiger partial charge on any atom is -0.452 e. The first-order valence-corrected chi connectivity index (χ1v) is 8.88. The second-order valence-corrected chi connectivity index (χ2v) is 6.29. The fourth-order valence-electron chi connectivity index (χ4n) is 2.84. The fraction of sp³-hybridized carbons (Fsp3) is 0. The van der Waals surface area contributed by atoms with Crippen LogP contribution in [0.2, 0.25) is 0 Å². The average molecular weight is 386 g/mol. The van der Waals surface area contributed by atoms with E-state index in [0.29, 0.717) is 11.3 Å². The van der Waals surface area contributed by atoms with Gasteiger partial charge in [0, 0.05) is 6.07 Å². The van der Waals surface area contributed by atoms with Crippen molar-refractivity contribution in [2.45, 2.75) is 0 Å². The highest BCUT2D eigenvalue weighted by Gasteiger charge is 2.27. The molecule has 0 N–H and O–H groups in total. The number of carbonyl (C=O) groups excluding carboxylic acids is 2. The molecular weight excluding hydrogens is 371 g/mol. The van der Waals surface area contributed by atoms with Crippen LogP contribution < -0.4 is 9.47 Å². The predicted octanol–water partition coefficient (Wildman–Crippen LogP) is 5.22. The van der Waals surface area contributed by atoms with E-state index < -0.39 is 11.8 Å². The zero-order chi connectivity index (χ0) is 20.2. The molecule has 0 bridgehead atoms. The van der Waals surface area contributed by atoms with Crippen LogP contribution in [-0.2, 0) is 0 Å². The van der Waals surface area contributed by atoms with Crippen LogP contribution in [0.1, 0.15) is 26.3 Å². The molecule has 1 heterocycles. The van der Waals surface area contributed by atoms with E-state index in [4.69, 9.17) is 9.47 Å². The molecule has 0 aromatic heterocycles. The summed E-state index contributed by atoms with van der Waals surface area (Å²) in [4.78, 5) is 24.6. The number of hydrogen-bond donors (Lipinski definition) is 0. The van der Waals surface area contributed by atoms with Crippen molar-refractivity contribution in [2.75, 3.05) is 0 Å². The lowest BCUT2D eigenvalue weighted by Crippen LogP contribution is -2.08. The minimum atomic E-state index is -0.699. The van der Waals surface area contributed by atoms with Gasteiger partial charge in [-0.15, -0.1) is 0 Å². The number of ketones is 1.